The van der Waals surface area contributed by atoms with E-state index >= 15 is 0 Å². The summed E-state index contributed by atoms with van der Waals surface area (Å²) >= 11 is 1.70. The molecule has 0 atom stereocenters. The maximum absolute atomic E-state index is 13.0. The summed E-state index contributed by atoms with van der Waals surface area (Å²) in [4.78, 5) is 0. The molecule has 0 spiro atoms. The van der Waals surface area contributed by atoms with Crippen molar-refractivity contribution in [1.82, 2.24) is 0 Å². The SMILES string of the molecule is Fc1ccc(C#Cc2ccc3c(c2)sc2cc(C#Cc4ccc(F)cc4)ccc23)cc1. The van der Waals surface area contributed by atoms with Crippen LogP contribution in [0.1, 0.15) is 22.3 Å². The Hall–Kier alpha value is -3.92. The quantitative estimate of drug-likeness (QED) is 0.234. The van der Waals surface area contributed by atoms with E-state index in [1.165, 1.54) is 35.0 Å². The summed E-state index contributed by atoms with van der Waals surface area (Å²) in [6, 6.07) is 24.7. The van der Waals surface area contributed by atoms with Crippen molar-refractivity contribution in [2.75, 3.05) is 0 Å². The average molecular weight is 420 g/mol. The second-order valence-electron chi connectivity index (χ2n) is 7.04. The fourth-order valence-electron chi connectivity index (χ4n) is 3.29. The second kappa shape index (κ2) is 8.07. The second-order valence-corrected chi connectivity index (χ2v) is 8.12. The number of hydrogen-bond acceptors (Lipinski definition) is 1. The van der Waals surface area contributed by atoms with E-state index < -0.39 is 0 Å². The van der Waals surface area contributed by atoms with E-state index in [4.69, 9.17) is 0 Å². The van der Waals surface area contributed by atoms with Crippen molar-refractivity contribution in [2.45, 2.75) is 0 Å². The van der Waals surface area contributed by atoms with E-state index in [1.54, 1.807) is 35.6 Å². The normalized spacial score (nSPS) is 10.4. The van der Waals surface area contributed by atoms with Gasteiger partial charge in [-0.3, -0.25) is 0 Å². The van der Waals surface area contributed by atoms with Crippen molar-refractivity contribution < 1.29 is 8.78 Å². The molecule has 0 amide bonds. The molecule has 146 valence electrons. The zero-order valence-corrected chi connectivity index (χ0v) is 17.1. The molecule has 0 aliphatic heterocycles. The Kier molecular flexibility index (Phi) is 4.97. The summed E-state index contributed by atoms with van der Waals surface area (Å²) in [5.74, 6) is 11.9. The Balaban J connectivity index is 1.47. The average Bonchev–Trinajstić information content (AvgIpc) is 3.15. The zero-order chi connectivity index (χ0) is 21.2. The molecule has 3 heteroatoms. The molecule has 0 aliphatic rings. The van der Waals surface area contributed by atoms with Crippen LogP contribution in [0, 0.1) is 35.3 Å². The van der Waals surface area contributed by atoms with Gasteiger partial charge < -0.3 is 0 Å². The third-order valence-corrected chi connectivity index (χ3v) is 5.98. The van der Waals surface area contributed by atoms with Crippen LogP contribution >= 0.6 is 11.3 Å². The monoisotopic (exact) mass is 420 g/mol. The fourth-order valence-corrected chi connectivity index (χ4v) is 4.47. The third-order valence-electron chi connectivity index (χ3n) is 4.86. The van der Waals surface area contributed by atoms with Crippen LogP contribution in [0.4, 0.5) is 8.78 Å². The Labute approximate surface area is 182 Å². The predicted octanol–water partition coefficient (Wildman–Crippen LogP) is 7.13. The number of thiophene rings is 1. The molecule has 0 radical (unpaired) electrons. The molecule has 4 aromatic carbocycles. The van der Waals surface area contributed by atoms with Gasteiger partial charge in [-0.15, -0.1) is 11.3 Å². The maximum Gasteiger partial charge on any atom is 0.123 e. The molecule has 0 nitrogen and oxygen atoms in total. The minimum absolute atomic E-state index is 0.265. The number of hydrogen-bond donors (Lipinski definition) is 0. The summed E-state index contributed by atoms with van der Waals surface area (Å²) in [5, 5.41) is 2.37. The molecule has 0 aliphatic carbocycles. The molecule has 0 saturated carbocycles. The lowest BCUT2D eigenvalue weighted by Gasteiger charge is -1.95. The van der Waals surface area contributed by atoms with Crippen LogP contribution in [0.25, 0.3) is 20.2 Å². The van der Waals surface area contributed by atoms with Crippen LogP contribution in [0.2, 0.25) is 0 Å². The molecule has 0 fully saturated rings. The van der Waals surface area contributed by atoms with Gasteiger partial charge in [0.1, 0.15) is 11.6 Å². The Bertz CT molecular complexity index is 1420. The summed E-state index contributed by atoms with van der Waals surface area (Å²) in [7, 11) is 0. The molecular weight excluding hydrogens is 406 g/mol. The van der Waals surface area contributed by atoms with Crippen molar-refractivity contribution in [2.24, 2.45) is 0 Å². The molecule has 0 unspecified atom stereocenters. The van der Waals surface area contributed by atoms with E-state index in [9.17, 15) is 8.78 Å². The minimum Gasteiger partial charge on any atom is -0.207 e. The van der Waals surface area contributed by atoms with Gasteiger partial charge in [-0.2, -0.15) is 0 Å². The number of fused-ring (bicyclic) bond motifs is 3. The smallest absolute Gasteiger partial charge is 0.123 e. The summed E-state index contributed by atoms with van der Waals surface area (Å²) in [6.45, 7) is 0. The topological polar surface area (TPSA) is 0 Å². The molecule has 1 heterocycles. The van der Waals surface area contributed by atoms with E-state index in [-0.39, 0.29) is 11.6 Å². The minimum atomic E-state index is -0.265. The van der Waals surface area contributed by atoms with E-state index in [0.717, 1.165) is 31.7 Å². The molecule has 5 rings (SSSR count). The van der Waals surface area contributed by atoms with E-state index in [2.05, 4.69) is 47.9 Å². The van der Waals surface area contributed by atoms with Crippen molar-refractivity contribution in [1.29, 1.82) is 0 Å². The molecular formula is C28H14F2S. The van der Waals surface area contributed by atoms with Crippen LogP contribution in [0.3, 0.4) is 0 Å². The van der Waals surface area contributed by atoms with Gasteiger partial charge in [0.15, 0.2) is 0 Å². The summed E-state index contributed by atoms with van der Waals surface area (Å²) < 4.78 is 28.4. The lowest BCUT2D eigenvalue weighted by Crippen LogP contribution is -1.78. The van der Waals surface area contributed by atoms with Gasteiger partial charge in [0.25, 0.3) is 0 Å². The van der Waals surface area contributed by atoms with Gasteiger partial charge in [0, 0.05) is 42.4 Å². The lowest BCUT2D eigenvalue weighted by atomic mass is 10.1. The Morgan fingerprint density at radius 3 is 1.23 bits per heavy atom. The standard InChI is InChI=1S/C28H14F2S/c29-23-11-5-19(6-12-23)1-3-21-9-15-25-26-16-10-22(18-28(26)31-27(25)17-21)4-2-20-7-13-24(30)14-8-20/h5-18H. The molecule has 31 heavy (non-hydrogen) atoms. The van der Waals surface area contributed by atoms with Gasteiger partial charge >= 0.3 is 0 Å². The molecule has 5 aromatic rings. The van der Waals surface area contributed by atoms with E-state index in [0.29, 0.717) is 0 Å². The fraction of sp³-hybridized carbons (Fsp3) is 0. The van der Waals surface area contributed by atoms with Crippen LogP contribution in [0.15, 0.2) is 84.9 Å². The van der Waals surface area contributed by atoms with Crippen LogP contribution < -0.4 is 0 Å². The predicted molar refractivity (Wildman–Crippen MR) is 124 cm³/mol. The van der Waals surface area contributed by atoms with Crippen LogP contribution in [0.5, 0.6) is 0 Å². The Morgan fingerprint density at radius 2 is 0.806 bits per heavy atom. The number of rotatable bonds is 0. The largest absolute Gasteiger partial charge is 0.207 e. The summed E-state index contributed by atoms with van der Waals surface area (Å²) in [6.07, 6.45) is 0. The Morgan fingerprint density at radius 1 is 0.452 bits per heavy atom. The highest BCUT2D eigenvalue weighted by Crippen LogP contribution is 2.34. The van der Waals surface area contributed by atoms with Gasteiger partial charge in [-0.1, -0.05) is 35.8 Å². The number of benzene rings is 4. The third kappa shape index (κ3) is 4.19. The first-order chi connectivity index (χ1) is 15.1. The maximum atomic E-state index is 13.0. The van der Waals surface area contributed by atoms with Crippen LogP contribution in [-0.4, -0.2) is 0 Å². The molecule has 0 N–H and O–H groups in total. The van der Waals surface area contributed by atoms with Gasteiger partial charge in [-0.05, 0) is 72.8 Å². The first-order valence-corrected chi connectivity index (χ1v) is 10.5. The highest BCUT2D eigenvalue weighted by molar-refractivity contribution is 7.25. The van der Waals surface area contributed by atoms with Gasteiger partial charge in [0.2, 0.25) is 0 Å². The van der Waals surface area contributed by atoms with Crippen molar-refractivity contribution in [3.63, 3.8) is 0 Å². The highest BCUT2D eigenvalue weighted by Gasteiger charge is 2.06. The lowest BCUT2D eigenvalue weighted by molar-refractivity contribution is 0.627. The molecule has 0 bridgehead atoms. The molecule has 1 aromatic heterocycles. The van der Waals surface area contributed by atoms with Crippen molar-refractivity contribution >= 4 is 31.5 Å². The van der Waals surface area contributed by atoms with Crippen LogP contribution in [-0.2, 0) is 0 Å². The van der Waals surface area contributed by atoms with Gasteiger partial charge in [0.05, 0.1) is 0 Å². The van der Waals surface area contributed by atoms with Crippen molar-refractivity contribution in [3.05, 3.63) is 119 Å². The zero-order valence-electron chi connectivity index (χ0n) is 16.2. The first kappa shape index (κ1) is 19.1. The summed E-state index contributed by atoms with van der Waals surface area (Å²) in [5.41, 5.74) is 3.39. The molecule has 0 saturated heterocycles. The van der Waals surface area contributed by atoms with Gasteiger partial charge in [-0.25, -0.2) is 8.78 Å². The van der Waals surface area contributed by atoms with E-state index in [1.807, 2.05) is 12.1 Å². The number of halogens is 2. The highest BCUT2D eigenvalue weighted by atomic mass is 32.1. The van der Waals surface area contributed by atoms with Crippen molar-refractivity contribution in [3.8, 4) is 23.7 Å². The first-order valence-electron chi connectivity index (χ1n) is 9.66.